The number of nitrogens with zero attached hydrogens (tertiary/aromatic N) is 1. The van der Waals surface area contributed by atoms with E-state index in [-0.39, 0.29) is 24.2 Å². The first-order valence-corrected chi connectivity index (χ1v) is 10.6. The van der Waals surface area contributed by atoms with Gasteiger partial charge in [-0.1, -0.05) is 54.2 Å². The number of carbonyl (C=O) groups excluding carboxylic acids is 2. The maximum Gasteiger partial charge on any atom is 0.268 e. The molecule has 0 atom stereocenters. The van der Waals surface area contributed by atoms with Crippen LogP contribution in [-0.4, -0.2) is 30.4 Å². The number of ether oxygens (including phenoxy) is 1. The fourth-order valence-corrected chi connectivity index (χ4v) is 4.40. The summed E-state index contributed by atoms with van der Waals surface area (Å²) in [5.41, 5.74) is 1.92. The van der Waals surface area contributed by atoms with E-state index < -0.39 is 0 Å². The number of imide groups is 1. The molecule has 0 aliphatic carbocycles. The van der Waals surface area contributed by atoms with Crippen molar-refractivity contribution in [2.45, 2.75) is 11.3 Å². The van der Waals surface area contributed by atoms with Crippen LogP contribution in [0.3, 0.4) is 0 Å². The molecule has 4 rings (SSSR count). The Balaban J connectivity index is 1.64. The molecule has 0 bridgehead atoms. The molecule has 1 heterocycles. The first-order chi connectivity index (χ1) is 15.1. The van der Waals surface area contributed by atoms with Crippen LogP contribution in [0.1, 0.15) is 11.1 Å². The van der Waals surface area contributed by atoms with Gasteiger partial charge in [-0.15, -0.1) is 0 Å². The minimum atomic E-state index is -0.323. The summed E-state index contributed by atoms with van der Waals surface area (Å²) >= 11 is 1.29. The van der Waals surface area contributed by atoms with E-state index in [2.05, 4.69) is 0 Å². The molecule has 0 saturated heterocycles. The topological polar surface area (TPSA) is 46.6 Å². The lowest BCUT2D eigenvalue weighted by molar-refractivity contribution is -0.136. The summed E-state index contributed by atoms with van der Waals surface area (Å²) in [5.74, 6) is -0.281. The number of benzene rings is 3. The van der Waals surface area contributed by atoms with E-state index in [1.807, 2.05) is 30.3 Å². The quantitative estimate of drug-likeness (QED) is 0.495. The van der Waals surface area contributed by atoms with Gasteiger partial charge in [-0.05, 0) is 53.9 Å². The van der Waals surface area contributed by atoms with Gasteiger partial charge in [0.05, 0.1) is 17.6 Å². The Morgan fingerprint density at radius 3 is 2.19 bits per heavy atom. The Kier molecular flexibility index (Phi) is 6.18. The highest BCUT2D eigenvalue weighted by molar-refractivity contribution is 8.04. The molecule has 6 heteroatoms. The predicted octanol–water partition coefficient (Wildman–Crippen LogP) is 4.95. The van der Waals surface area contributed by atoms with Crippen molar-refractivity contribution in [1.29, 1.82) is 0 Å². The van der Waals surface area contributed by atoms with Crippen LogP contribution in [0.15, 0.2) is 88.7 Å². The molecule has 31 heavy (non-hydrogen) atoms. The number of amides is 2. The van der Waals surface area contributed by atoms with Crippen molar-refractivity contribution >= 4 is 29.1 Å². The molecule has 0 radical (unpaired) electrons. The Bertz CT molecular complexity index is 1130. The normalized spacial score (nSPS) is 13.8. The van der Waals surface area contributed by atoms with Gasteiger partial charge in [-0.3, -0.25) is 14.5 Å². The Labute approximate surface area is 184 Å². The van der Waals surface area contributed by atoms with E-state index in [9.17, 15) is 14.0 Å². The predicted molar refractivity (Wildman–Crippen MR) is 119 cm³/mol. The van der Waals surface area contributed by atoms with Crippen LogP contribution in [-0.2, 0) is 16.0 Å². The van der Waals surface area contributed by atoms with E-state index in [1.54, 1.807) is 43.5 Å². The smallest absolute Gasteiger partial charge is 0.268 e. The molecule has 0 saturated carbocycles. The zero-order valence-electron chi connectivity index (χ0n) is 16.9. The van der Waals surface area contributed by atoms with Gasteiger partial charge in [-0.2, -0.15) is 0 Å². The van der Waals surface area contributed by atoms with Crippen LogP contribution in [0.4, 0.5) is 4.39 Å². The van der Waals surface area contributed by atoms with Crippen LogP contribution in [0.5, 0.6) is 5.75 Å². The van der Waals surface area contributed by atoms with Crippen molar-refractivity contribution in [3.05, 3.63) is 101 Å². The molecule has 2 amide bonds. The second-order valence-corrected chi connectivity index (χ2v) is 8.07. The van der Waals surface area contributed by atoms with Crippen LogP contribution in [0.25, 0.3) is 5.57 Å². The SMILES string of the molecule is COc1ccc(C2=C(Sc3ccccc3)C(=O)N(CCc3ccc(F)cc3)C2=O)cc1. The van der Waals surface area contributed by atoms with Gasteiger partial charge in [0.1, 0.15) is 11.6 Å². The van der Waals surface area contributed by atoms with Gasteiger partial charge in [0.25, 0.3) is 11.8 Å². The fourth-order valence-electron chi connectivity index (χ4n) is 3.36. The highest BCUT2D eigenvalue weighted by Crippen LogP contribution is 2.40. The first kappa shape index (κ1) is 20.9. The van der Waals surface area contributed by atoms with Crippen LogP contribution >= 0.6 is 11.8 Å². The fraction of sp³-hybridized carbons (Fsp3) is 0.120. The molecule has 0 aromatic heterocycles. The summed E-state index contributed by atoms with van der Waals surface area (Å²) in [6.07, 6.45) is 0.455. The van der Waals surface area contributed by atoms with E-state index >= 15 is 0 Å². The molecular weight excluding hydrogens is 413 g/mol. The number of methoxy groups -OCH3 is 1. The number of carbonyl (C=O) groups is 2. The van der Waals surface area contributed by atoms with E-state index in [1.165, 1.54) is 28.8 Å². The van der Waals surface area contributed by atoms with Crippen molar-refractivity contribution in [3.8, 4) is 5.75 Å². The lowest BCUT2D eigenvalue weighted by atomic mass is 10.1. The van der Waals surface area contributed by atoms with Crippen molar-refractivity contribution in [2.75, 3.05) is 13.7 Å². The standard InChI is InChI=1S/C25H20FNO3S/c1-30-20-13-9-18(10-14-20)22-23(31-21-5-3-2-4-6-21)25(29)27(24(22)28)16-15-17-7-11-19(26)12-8-17/h2-14H,15-16H2,1H3. The molecule has 1 aliphatic rings. The van der Waals surface area contributed by atoms with Gasteiger partial charge in [0.15, 0.2) is 0 Å². The lowest BCUT2D eigenvalue weighted by Crippen LogP contribution is -2.33. The Morgan fingerprint density at radius 2 is 1.55 bits per heavy atom. The monoisotopic (exact) mass is 433 g/mol. The second-order valence-electron chi connectivity index (χ2n) is 6.99. The number of thioether (sulfide) groups is 1. The second kappa shape index (κ2) is 9.18. The molecule has 156 valence electrons. The van der Waals surface area contributed by atoms with Gasteiger partial charge < -0.3 is 4.74 Å². The maximum atomic E-state index is 13.3. The average molecular weight is 434 g/mol. The molecule has 0 fully saturated rings. The van der Waals surface area contributed by atoms with E-state index in [0.717, 1.165) is 10.5 Å². The van der Waals surface area contributed by atoms with Crippen molar-refractivity contribution in [1.82, 2.24) is 4.90 Å². The summed E-state index contributed by atoms with van der Waals surface area (Å²) in [6.45, 7) is 0.224. The molecule has 4 nitrogen and oxygen atoms in total. The maximum absolute atomic E-state index is 13.3. The molecule has 0 spiro atoms. The van der Waals surface area contributed by atoms with Crippen molar-refractivity contribution in [3.63, 3.8) is 0 Å². The molecule has 0 N–H and O–H groups in total. The summed E-state index contributed by atoms with van der Waals surface area (Å²) < 4.78 is 18.4. The van der Waals surface area contributed by atoms with Gasteiger partial charge in [-0.25, -0.2) is 4.39 Å². The van der Waals surface area contributed by atoms with Gasteiger partial charge in [0.2, 0.25) is 0 Å². The van der Waals surface area contributed by atoms with Crippen LogP contribution in [0, 0.1) is 5.82 Å². The zero-order valence-corrected chi connectivity index (χ0v) is 17.7. The third kappa shape index (κ3) is 4.54. The third-order valence-corrected chi connectivity index (χ3v) is 6.10. The van der Waals surface area contributed by atoms with Gasteiger partial charge in [0, 0.05) is 11.4 Å². The highest BCUT2D eigenvalue weighted by Gasteiger charge is 2.39. The molecular formula is C25H20FNO3S. The Hall–Kier alpha value is -3.38. The summed E-state index contributed by atoms with van der Waals surface area (Å²) in [4.78, 5) is 29.1. The summed E-state index contributed by atoms with van der Waals surface area (Å²) in [7, 11) is 1.58. The summed E-state index contributed by atoms with van der Waals surface area (Å²) in [5, 5.41) is 0. The summed E-state index contributed by atoms with van der Waals surface area (Å²) in [6, 6.07) is 22.7. The highest BCUT2D eigenvalue weighted by atomic mass is 32.2. The number of halogens is 1. The van der Waals surface area contributed by atoms with Crippen molar-refractivity contribution < 1.29 is 18.7 Å². The third-order valence-electron chi connectivity index (χ3n) is 5.00. The number of hydrogen-bond donors (Lipinski definition) is 0. The minimum absolute atomic E-state index is 0.224. The van der Waals surface area contributed by atoms with Crippen LogP contribution in [0.2, 0.25) is 0 Å². The zero-order chi connectivity index (χ0) is 21.8. The molecule has 1 aliphatic heterocycles. The lowest BCUT2D eigenvalue weighted by Gasteiger charge is -2.15. The van der Waals surface area contributed by atoms with E-state index in [0.29, 0.717) is 28.2 Å². The number of hydrogen-bond acceptors (Lipinski definition) is 4. The van der Waals surface area contributed by atoms with Crippen LogP contribution < -0.4 is 4.74 Å². The molecule has 3 aromatic rings. The molecule has 0 unspecified atom stereocenters. The van der Waals surface area contributed by atoms with Crippen molar-refractivity contribution in [2.24, 2.45) is 0 Å². The largest absolute Gasteiger partial charge is 0.497 e. The number of rotatable bonds is 7. The first-order valence-electron chi connectivity index (χ1n) is 9.79. The Morgan fingerprint density at radius 1 is 0.871 bits per heavy atom. The average Bonchev–Trinajstić information content (AvgIpc) is 3.03. The minimum Gasteiger partial charge on any atom is -0.497 e. The van der Waals surface area contributed by atoms with E-state index in [4.69, 9.17) is 4.74 Å². The van der Waals surface area contributed by atoms with Gasteiger partial charge >= 0.3 is 0 Å². The molecule has 3 aromatic carbocycles.